The lowest BCUT2D eigenvalue weighted by Gasteiger charge is -2.37. The number of rotatable bonds is 3. The molecule has 0 aliphatic carbocycles. The van der Waals surface area contributed by atoms with Gasteiger partial charge in [0.15, 0.2) is 5.65 Å². The number of nitrogens with zero attached hydrogens (tertiary/aromatic N) is 4. The molecule has 0 radical (unpaired) electrons. The molecule has 2 atom stereocenters. The van der Waals surface area contributed by atoms with Crippen molar-refractivity contribution < 1.29 is 0 Å². The molecule has 2 aromatic rings. The molecule has 0 spiro atoms. The number of aromatic nitrogens is 3. The highest BCUT2D eigenvalue weighted by Crippen LogP contribution is 2.19. The molecule has 0 aromatic carbocycles. The van der Waals surface area contributed by atoms with Crippen LogP contribution >= 0.6 is 0 Å². The molecule has 3 rings (SSSR count). The summed E-state index contributed by atoms with van der Waals surface area (Å²) in [6.45, 7) is 11.9. The molecule has 3 heterocycles. The molecule has 1 N–H and O–H groups in total. The fraction of sp³-hybridized carbons (Fsp3) is 0.625. The molecule has 2 unspecified atom stereocenters. The standard InChI is InChI=1S/C16H25N5/c1-11(2)21-16-15(8-19-21)5-14(7-18-16)10-20-9-12(3)17-6-13(20)4/h5,7-8,11-13,17H,6,9-10H2,1-4H3. The Balaban J connectivity index is 1.81. The summed E-state index contributed by atoms with van der Waals surface area (Å²) in [5.41, 5.74) is 2.25. The summed E-state index contributed by atoms with van der Waals surface area (Å²) in [6, 6.07) is 3.69. The van der Waals surface area contributed by atoms with E-state index in [1.807, 2.05) is 17.1 Å². The van der Waals surface area contributed by atoms with Gasteiger partial charge in [-0.05, 0) is 39.3 Å². The quantitative estimate of drug-likeness (QED) is 0.940. The lowest BCUT2D eigenvalue weighted by Crippen LogP contribution is -2.53. The zero-order valence-corrected chi connectivity index (χ0v) is 13.4. The molecule has 0 bridgehead atoms. The van der Waals surface area contributed by atoms with Crippen LogP contribution in [-0.2, 0) is 6.54 Å². The normalized spacial score (nSPS) is 24.0. The van der Waals surface area contributed by atoms with Crippen molar-refractivity contribution in [2.45, 2.75) is 52.4 Å². The SMILES string of the molecule is CC1CN(Cc2cnc3c(cnn3C(C)C)c2)C(C)CN1. The molecule has 21 heavy (non-hydrogen) atoms. The maximum atomic E-state index is 4.63. The van der Waals surface area contributed by atoms with Gasteiger partial charge >= 0.3 is 0 Å². The summed E-state index contributed by atoms with van der Waals surface area (Å²) in [5, 5.41) is 9.10. The van der Waals surface area contributed by atoms with E-state index >= 15 is 0 Å². The van der Waals surface area contributed by atoms with Crippen LogP contribution < -0.4 is 5.32 Å². The highest BCUT2D eigenvalue weighted by atomic mass is 15.3. The summed E-state index contributed by atoms with van der Waals surface area (Å²) in [5.74, 6) is 0. The van der Waals surface area contributed by atoms with Gasteiger partial charge in [0.2, 0.25) is 0 Å². The number of hydrogen-bond acceptors (Lipinski definition) is 4. The van der Waals surface area contributed by atoms with Crippen LogP contribution in [0.25, 0.3) is 11.0 Å². The zero-order valence-electron chi connectivity index (χ0n) is 13.4. The molecule has 5 nitrogen and oxygen atoms in total. The van der Waals surface area contributed by atoms with E-state index in [4.69, 9.17) is 0 Å². The summed E-state index contributed by atoms with van der Waals surface area (Å²) in [7, 11) is 0. The maximum absolute atomic E-state index is 4.63. The first-order valence-electron chi connectivity index (χ1n) is 7.84. The predicted octanol–water partition coefficient (Wildman–Crippen LogP) is 2.19. The number of pyridine rings is 1. The second-order valence-corrected chi connectivity index (χ2v) is 6.53. The first-order valence-corrected chi connectivity index (χ1v) is 7.84. The van der Waals surface area contributed by atoms with Crippen LogP contribution in [0.15, 0.2) is 18.5 Å². The van der Waals surface area contributed by atoms with Gasteiger partial charge in [-0.1, -0.05) is 0 Å². The molecular weight excluding hydrogens is 262 g/mol. The molecule has 0 saturated carbocycles. The number of hydrogen-bond donors (Lipinski definition) is 1. The molecular formula is C16H25N5. The van der Waals surface area contributed by atoms with Crippen LogP contribution in [0, 0.1) is 0 Å². The second kappa shape index (κ2) is 5.73. The Morgan fingerprint density at radius 2 is 2.14 bits per heavy atom. The van der Waals surface area contributed by atoms with Crippen molar-refractivity contribution in [1.29, 1.82) is 0 Å². The Kier molecular flexibility index (Phi) is 3.95. The largest absolute Gasteiger partial charge is 0.311 e. The van der Waals surface area contributed by atoms with Gasteiger partial charge in [-0.25, -0.2) is 9.67 Å². The Morgan fingerprint density at radius 3 is 2.90 bits per heavy atom. The zero-order chi connectivity index (χ0) is 15.0. The van der Waals surface area contributed by atoms with Crippen LogP contribution in [0.5, 0.6) is 0 Å². The molecule has 1 fully saturated rings. The van der Waals surface area contributed by atoms with Crippen molar-refractivity contribution >= 4 is 11.0 Å². The van der Waals surface area contributed by atoms with E-state index in [-0.39, 0.29) is 0 Å². The molecule has 0 amide bonds. The van der Waals surface area contributed by atoms with Gasteiger partial charge in [0.25, 0.3) is 0 Å². The highest BCUT2D eigenvalue weighted by molar-refractivity contribution is 5.75. The van der Waals surface area contributed by atoms with Gasteiger partial charge in [-0.2, -0.15) is 5.10 Å². The van der Waals surface area contributed by atoms with E-state index in [2.05, 4.69) is 54.1 Å². The van der Waals surface area contributed by atoms with Crippen molar-refractivity contribution in [2.75, 3.05) is 13.1 Å². The van der Waals surface area contributed by atoms with Gasteiger partial charge in [0.1, 0.15) is 0 Å². The van der Waals surface area contributed by atoms with Gasteiger partial charge in [0, 0.05) is 49.3 Å². The molecule has 5 heteroatoms. The van der Waals surface area contributed by atoms with Gasteiger partial charge in [-0.3, -0.25) is 4.90 Å². The van der Waals surface area contributed by atoms with Gasteiger partial charge < -0.3 is 5.32 Å². The first-order chi connectivity index (χ1) is 10.0. The number of piperazine rings is 1. The molecule has 1 saturated heterocycles. The van der Waals surface area contributed by atoms with E-state index in [1.165, 1.54) is 5.56 Å². The topological polar surface area (TPSA) is 46.0 Å². The smallest absolute Gasteiger partial charge is 0.157 e. The third-order valence-electron chi connectivity index (χ3n) is 4.26. The fourth-order valence-corrected chi connectivity index (χ4v) is 3.00. The summed E-state index contributed by atoms with van der Waals surface area (Å²) in [4.78, 5) is 7.15. The van der Waals surface area contributed by atoms with Crippen molar-refractivity contribution in [2.24, 2.45) is 0 Å². The van der Waals surface area contributed by atoms with Crippen LogP contribution in [0.4, 0.5) is 0 Å². The summed E-state index contributed by atoms with van der Waals surface area (Å²) >= 11 is 0. The Hall–Kier alpha value is -1.46. The van der Waals surface area contributed by atoms with Crippen molar-refractivity contribution in [3.63, 3.8) is 0 Å². The number of fused-ring (bicyclic) bond motifs is 1. The molecule has 1 aliphatic rings. The lowest BCUT2D eigenvalue weighted by molar-refractivity contribution is 0.139. The summed E-state index contributed by atoms with van der Waals surface area (Å²) in [6.07, 6.45) is 3.93. The van der Waals surface area contributed by atoms with E-state index in [1.54, 1.807) is 0 Å². The average Bonchev–Trinajstić information content (AvgIpc) is 2.86. The van der Waals surface area contributed by atoms with E-state index in [9.17, 15) is 0 Å². The van der Waals surface area contributed by atoms with E-state index < -0.39 is 0 Å². The second-order valence-electron chi connectivity index (χ2n) is 6.53. The fourth-order valence-electron chi connectivity index (χ4n) is 3.00. The Labute approximate surface area is 126 Å². The predicted molar refractivity (Wildman–Crippen MR) is 85.2 cm³/mol. The first kappa shape index (κ1) is 14.5. The highest BCUT2D eigenvalue weighted by Gasteiger charge is 2.22. The molecule has 1 aliphatic heterocycles. The third-order valence-corrected chi connectivity index (χ3v) is 4.26. The molecule has 114 valence electrons. The average molecular weight is 287 g/mol. The van der Waals surface area contributed by atoms with E-state index in [0.717, 1.165) is 30.7 Å². The lowest BCUT2D eigenvalue weighted by atomic mass is 10.1. The minimum Gasteiger partial charge on any atom is -0.311 e. The third kappa shape index (κ3) is 2.94. The monoisotopic (exact) mass is 287 g/mol. The Bertz CT molecular complexity index is 618. The van der Waals surface area contributed by atoms with Crippen molar-refractivity contribution in [3.05, 3.63) is 24.0 Å². The van der Waals surface area contributed by atoms with Crippen molar-refractivity contribution in [1.82, 2.24) is 25.0 Å². The molecule has 2 aromatic heterocycles. The van der Waals surface area contributed by atoms with Crippen molar-refractivity contribution in [3.8, 4) is 0 Å². The summed E-state index contributed by atoms with van der Waals surface area (Å²) < 4.78 is 1.98. The van der Waals surface area contributed by atoms with Crippen LogP contribution in [-0.4, -0.2) is 44.8 Å². The van der Waals surface area contributed by atoms with E-state index in [0.29, 0.717) is 18.1 Å². The van der Waals surface area contributed by atoms with Crippen LogP contribution in [0.3, 0.4) is 0 Å². The van der Waals surface area contributed by atoms with Crippen LogP contribution in [0.1, 0.15) is 39.3 Å². The Morgan fingerprint density at radius 1 is 1.33 bits per heavy atom. The minimum atomic E-state index is 0.342. The van der Waals surface area contributed by atoms with Gasteiger partial charge in [-0.15, -0.1) is 0 Å². The van der Waals surface area contributed by atoms with Crippen LogP contribution in [0.2, 0.25) is 0 Å². The van der Waals surface area contributed by atoms with Gasteiger partial charge in [0.05, 0.1) is 6.20 Å². The minimum absolute atomic E-state index is 0.342. The number of nitrogens with one attached hydrogen (secondary N) is 1. The maximum Gasteiger partial charge on any atom is 0.157 e.